The van der Waals surface area contributed by atoms with Gasteiger partial charge in [-0.1, -0.05) is 48.2 Å². The van der Waals surface area contributed by atoms with Gasteiger partial charge in [0.25, 0.3) is 5.91 Å². The van der Waals surface area contributed by atoms with Crippen molar-refractivity contribution in [1.29, 1.82) is 5.26 Å². The second-order valence-corrected chi connectivity index (χ2v) is 8.25. The highest BCUT2D eigenvalue weighted by molar-refractivity contribution is 9.10. The number of thioether (sulfide) groups is 1. The molecule has 1 N–H and O–H groups in total. The number of hydrogen-bond acceptors (Lipinski definition) is 4. The lowest BCUT2D eigenvalue weighted by atomic mass is 10.1. The first-order chi connectivity index (χ1) is 14.1. The standard InChI is InChI=1S/C23H15BrN2O2S/c24-18-11-15(12-22-23(27)26-19-7-3-4-8-21(19)29-22)9-10-20(18)28-14-17-6-2-1-5-16(17)13-25/h1-12H,14H2,(H,26,27)/b22-12-. The fourth-order valence-corrected chi connectivity index (χ4v) is 4.35. The summed E-state index contributed by atoms with van der Waals surface area (Å²) in [6, 6.07) is 22.9. The summed E-state index contributed by atoms with van der Waals surface area (Å²) in [7, 11) is 0. The molecule has 0 radical (unpaired) electrons. The number of anilines is 1. The third-order valence-corrected chi connectivity index (χ3v) is 6.07. The number of para-hydroxylation sites is 1. The van der Waals surface area contributed by atoms with Crippen LogP contribution < -0.4 is 10.1 Å². The summed E-state index contributed by atoms with van der Waals surface area (Å²) < 4.78 is 6.66. The van der Waals surface area contributed by atoms with Crippen molar-refractivity contribution in [2.45, 2.75) is 11.5 Å². The van der Waals surface area contributed by atoms with E-state index in [0.29, 0.717) is 22.8 Å². The van der Waals surface area contributed by atoms with E-state index in [2.05, 4.69) is 27.3 Å². The van der Waals surface area contributed by atoms with Crippen LogP contribution in [0.25, 0.3) is 6.08 Å². The summed E-state index contributed by atoms with van der Waals surface area (Å²) >= 11 is 4.99. The Morgan fingerprint density at radius 3 is 2.72 bits per heavy atom. The summed E-state index contributed by atoms with van der Waals surface area (Å²) in [6.45, 7) is 0.303. The predicted molar refractivity (Wildman–Crippen MR) is 119 cm³/mol. The van der Waals surface area contributed by atoms with E-state index in [0.717, 1.165) is 26.2 Å². The van der Waals surface area contributed by atoms with Crippen molar-refractivity contribution in [3.05, 3.63) is 92.8 Å². The molecule has 1 aliphatic heterocycles. The van der Waals surface area contributed by atoms with Crippen LogP contribution in [0.5, 0.6) is 5.75 Å². The van der Waals surface area contributed by atoms with E-state index in [1.165, 1.54) is 11.8 Å². The zero-order valence-electron chi connectivity index (χ0n) is 15.2. The normalized spacial score (nSPS) is 14.1. The highest BCUT2D eigenvalue weighted by Crippen LogP contribution is 2.39. The molecule has 6 heteroatoms. The van der Waals surface area contributed by atoms with E-state index in [4.69, 9.17) is 4.74 Å². The molecule has 0 spiro atoms. The minimum absolute atomic E-state index is 0.113. The number of fused-ring (bicyclic) bond motifs is 1. The van der Waals surface area contributed by atoms with Gasteiger partial charge in [-0.15, -0.1) is 0 Å². The number of amides is 1. The molecule has 1 aliphatic rings. The van der Waals surface area contributed by atoms with Crippen molar-refractivity contribution in [3.63, 3.8) is 0 Å². The van der Waals surface area contributed by atoms with Crippen LogP contribution in [0.1, 0.15) is 16.7 Å². The lowest BCUT2D eigenvalue weighted by Gasteiger charge is -2.18. The third-order valence-electron chi connectivity index (χ3n) is 4.35. The van der Waals surface area contributed by atoms with Gasteiger partial charge in [-0.25, -0.2) is 0 Å². The van der Waals surface area contributed by atoms with E-state index in [1.807, 2.05) is 66.7 Å². The van der Waals surface area contributed by atoms with Crippen LogP contribution in [0.3, 0.4) is 0 Å². The first-order valence-corrected chi connectivity index (χ1v) is 10.5. The van der Waals surface area contributed by atoms with E-state index >= 15 is 0 Å². The molecule has 4 rings (SSSR count). The highest BCUT2D eigenvalue weighted by atomic mass is 79.9. The van der Waals surface area contributed by atoms with Crippen LogP contribution >= 0.6 is 27.7 Å². The zero-order chi connectivity index (χ0) is 20.2. The van der Waals surface area contributed by atoms with Crippen molar-refractivity contribution < 1.29 is 9.53 Å². The smallest absolute Gasteiger partial charge is 0.262 e. The Hall–Kier alpha value is -3.01. The molecule has 0 atom stereocenters. The molecule has 0 bridgehead atoms. The van der Waals surface area contributed by atoms with Crippen LogP contribution in [0.2, 0.25) is 0 Å². The molecular weight excluding hydrogens is 448 g/mol. The number of halogens is 1. The van der Waals surface area contributed by atoms with Crippen LogP contribution in [0, 0.1) is 11.3 Å². The fourth-order valence-electron chi connectivity index (χ4n) is 2.89. The maximum atomic E-state index is 12.4. The number of nitriles is 1. The van der Waals surface area contributed by atoms with Gasteiger partial charge in [0.05, 0.1) is 26.7 Å². The molecule has 0 saturated heterocycles. The van der Waals surface area contributed by atoms with Gasteiger partial charge in [-0.3, -0.25) is 4.79 Å². The van der Waals surface area contributed by atoms with Gasteiger partial charge in [0.1, 0.15) is 12.4 Å². The molecule has 1 heterocycles. The van der Waals surface area contributed by atoms with Gasteiger partial charge in [0.15, 0.2) is 0 Å². The monoisotopic (exact) mass is 462 g/mol. The Morgan fingerprint density at radius 2 is 1.90 bits per heavy atom. The molecule has 142 valence electrons. The lowest BCUT2D eigenvalue weighted by molar-refractivity contribution is -0.112. The van der Waals surface area contributed by atoms with Crippen LogP contribution in [0.15, 0.2) is 81.0 Å². The molecule has 0 saturated carbocycles. The van der Waals surface area contributed by atoms with Gasteiger partial charge < -0.3 is 10.1 Å². The number of ether oxygens (including phenoxy) is 1. The maximum Gasteiger partial charge on any atom is 0.262 e. The molecular formula is C23H15BrN2O2S. The fraction of sp³-hybridized carbons (Fsp3) is 0.0435. The first-order valence-electron chi connectivity index (χ1n) is 8.84. The summed E-state index contributed by atoms with van der Waals surface area (Å²) in [4.78, 5) is 14.0. The van der Waals surface area contributed by atoms with E-state index in [1.54, 1.807) is 6.07 Å². The molecule has 3 aromatic rings. The minimum atomic E-state index is -0.113. The molecule has 0 unspecified atom stereocenters. The van der Waals surface area contributed by atoms with Crippen LogP contribution in [-0.4, -0.2) is 5.91 Å². The first kappa shape index (κ1) is 19.3. The summed E-state index contributed by atoms with van der Waals surface area (Å²) in [5.74, 6) is 0.559. The molecule has 3 aromatic carbocycles. The van der Waals surface area contributed by atoms with Gasteiger partial charge >= 0.3 is 0 Å². The van der Waals surface area contributed by atoms with E-state index < -0.39 is 0 Å². The van der Waals surface area contributed by atoms with E-state index in [-0.39, 0.29) is 5.91 Å². The third kappa shape index (κ3) is 4.37. The Kier molecular flexibility index (Phi) is 5.70. The molecule has 4 nitrogen and oxygen atoms in total. The van der Waals surface area contributed by atoms with Crippen molar-refractivity contribution in [3.8, 4) is 11.8 Å². The Bertz CT molecular complexity index is 1170. The number of hydrogen-bond donors (Lipinski definition) is 1. The van der Waals surface area contributed by atoms with Crippen LogP contribution in [-0.2, 0) is 11.4 Å². The Labute approximate surface area is 181 Å². The number of benzene rings is 3. The lowest BCUT2D eigenvalue weighted by Crippen LogP contribution is -2.17. The largest absolute Gasteiger partial charge is 0.488 e. The molecule has 0 aliphatic carbocycles. The topological polar surface area (TPSA) is 62.1 Å². The average molecular weight is 463 g/mol. The Balaban J connectivity index is 1.51. The van der Waals surface area contributed by atoms with Crippen molar-refractivity contribution in [2.75, 3.05) is 5.32 Å². The summed E-state index contributed by atoms with van der Waals surface area (Å²) in [6.07, 6.45) is 1.86. The van der Waals surface area contributed by atoms with Crippen molar-refractivity contribution in [2.24, 2.45) is 0 Å². The maximum absolute atomic E-state index is 12.4. The molecule has 0 fully saturated rings. The van der Waals surface area contributed by atoms with Crippen LogP contribution in [0.4, 0.5) is 5.69 Å². The van der Waals surface area contributed by atoms with E-state index in [9.17, 15) is 10.1 Å². The Morgan fingerprint density at radius 1 is 1.10 bits per heavy atom. The molecule has 1 amide bonds. The predicted octanol–water partition coefficient (Wildman–Crippen LogP) is 5.99. The number of nitrogens with zero attached hydrogens (tertiary/aromatic N) is 1. The molecule has 0 aromatic heterocycles. The van der Waals surface area contributed by atoms with Gasteiger partial charge in [0, 0.05) is 10.5 Å². The number of carbonyl (C=O) groups excluding carboxylic acids is 1. The second-order valence-electron chi connectivity index (χ2n) is 6.31. The van der Waals surface area contributed by atoms with Gasteiger partial charge in [-0.2, -0.15) is 5.26 Å². The number of nitrogens with one attached hydrogen (secondary N) is 1. The van der Waals surface area contributed by atoms with Gasteiger partial charge in [-0.05, 0) is 57.9 Å². The van der Waals surface area contributed by atoms with Gasteiger partial charge in [0.2, 0.25) is 0 Å². The zero-order valence-corrected chi connectivity index (χ0v) is 17.6. The average Bonchev–Trinajstić information content (AvgIpc) is 2.74. The minimum Gasteiger partial charge on any atom is -0.488 e. The highest BCUT2D eigenvalue weighted by Gasteiger charge is 2.20. The quantitative estimate of drug-likeness (QED) is 0.484. The second kappa shape index (κ2) is 8.56. The summed E-state index contributed by atoms with van der Waals surface area (Å²) in [5, 5.41) is 12.1. The molecule has 29 heavy (non-hydrogen) atoms. The SMILES string of the molecule is N#Cc1ccccc1COc1ccc(/C=C2\Sc3ccccc3NC2=O)cc1Br. The number of rotatable bonds is 4. The van der Waals surface area contributed by atoms with Crippen molar-refractivity contribution >= 4 is 45.4 Å². The van der Waals surface area contributed by atoms with Crippen molar-refractivity contribution in [1.82, 2.24) is 0 Å². The number of carbonyl (C=O) groups is 1. The summed E-state index contributed by atoms with van der Waals surface area (Å²) in [5.41, 5.74) is 3.16.